The first kappa shape index (κ1) is 11.1. The van der Waals surface area contributed by atoms with Crippen molar-refractivity contribution in [2.45, 2.75) is 45.6 Å². The van der Waals surface area contributed by atoms with Crippen molar-refractivity contribution < 1.29 is 9.72 Å². The third-order valence-corrected chi connectivity index (χ3v) is 3.21. The van der Waals surface area contributed by atoms with Crippen LogP contribution in [0.15, 0.2) is 0 Å². The van der Waals surface area contributed by atoms with Gasteiger partial charge in [-0.2, -0.15) is 0 Å². The molecular formula is C10H17NO3. The summed E-state index contributed by atoms with van der Waals surface area (Å²) in [6.45, 7) is 5.12. The van der Waals surface area contributed by atoms with Gasteiger partial charge in [-0.15, -0.1) is 0 Å². The molecule has 80 valence electrons. The van der Waals surface area contributed by atoms with Crippen LogP contribution in [0, 0.1) is 22.0 Å². The molecule has 4 heteroatoms. The van der Waals surface area contributed by atoms with E-state index in [1.807, 2.05) is 6.92 Å². The number of ketones is 1. The van der Waals surface area contributed by atoms with E-state index in [1.54, 1.807) is 13.8 Å². The maximum absolute atomic E-state index is 11.7. The van der Waals surface area contributed by atoms with Gasteiger partial charge >= 0.3 is 0 Å². The Morgan fingerprint density at radius 1 is 1.43 bits per heavy atom. The highest BCUT2D eigenvalue weighted by Crippen LogP contribution is 2.34. The molecule has 4 nitrogen and oxygen atoms in total. The molecule has 2 atom stereocenters. The maximum Gasteiger partial charge on any atom is 0.226 e. The summed E-state index contributed by atoms with van der Waals surface area (Å²) in [4.78, 5) is 22.1. The molecule has 1 fully saturated rings. The second-order valence-electron chi connectivity index (χ2n) is 4.82. The van der Waals surface area contributed by atoms with Gasteiger partial charge < -0.3 is 0 Å². The first-order valence-corrected chi connectivity index (χ1v) is 5.03. The Kier molecular flexibility index (Phi) is 2.92. The van der Waals surface area contributed by atoms with Gasteiger partial charge in [0.15, 0.2) is 0 Å². The van der Waals surface area contributed by atoms with Gasteiger partial charge in [0.25, 0.3) is 0 Å². The summed E-state index contributed by atoms with van der Waals surface area (Å²) in [6.07, 6.45) is 2.09. The van der Waals surface area contributed by atoms with Crippen LogP contribution in [0.1, 0.15) is 40.0 Å². The van der Waals surface area contributed by atoms with E-state index in [1.165, 1.54) is 0 Å². The Labute approximate surface area is 83.8 Å². The molecule has 0 aromatic carbocycles. The second-order valence-corrected chi connectivity index (χ2v) is 4.82. The van der Waals surface area contributed by atoms with Crippen LogP contribution in [0.25, 0.3) is 0 Å². The summed E-state index contributed by atoms with van der Waals surface area (Å²) in [5, 5.41) is 10.8. The monoisotopic (exact) mass is 199 g/mol. The summed E-state index contributed by atoms with van der Waals surface area (Å²) in [7, 11) is 0. The van der Waals surface area contributed by atoms with Crippen LogP contribution in [-0.2, 0) is 4.79 Å². The van der Waals surface area contributed by atoms with E-state index in [2.05, 4.69) is 0 Å². The molecule has 1 rings (SSSR count). The van der Waals surface area contributed by atoms with Crippen molar-refractivity contribution in [3.63, 3.8) is 0 Å². The molecule has 2 unspecified atom stereocenters. The average Bonchev–Trinajstić information content (AvgIpc) is 2.02. The van der Waals surface area contributed by atoms with Crippen LogP contribution in [0.5, 0.6) is 0 Å². The second kappa shape index (κ2) is 3.67. The van der Waals surface area contributed by atoms with E-state index in [9.17, 15) is 14.9 Å². The molecule has 1 aliphatic carbocycles. The maximum atomic E-state index is 11.7. The zero-order chi connectivity index (χ0) is 10.9. The van der Waals surface area contributed by atoms with Crippen molar-refractivity contribution in [1.82, 2.24) is 0 Å². The topological polar surface area (TPSA) is 60.2 Å². The number of hydrogen-bond acceptors (Lipinski definition) is 3. The van der Waals surface area contributed by atoms with Gasteiger partial charge in [0.2, 0.25) is 5.54 Å². The largest absolute Gasteiger partial charge is 0.299 e. The zero-order valence-corrected chi connectivity index (χ0v) is 8.95. The predicted molar refractivity (Wildman–Crippen MR) is 52.6 cm³/mol. The SMILES string of the molecule is CC1CCC(C(C)(C)[N+](=O)[O-])C(=O)C1. The number of Topliss-reactive ketones (excluding diaryl/α,β-unsaturated/α-hetero) is 1. The highest BCUT2D eigenvalue weighted by Gasteiger charge is 2.46. The first-order chi connectivity index (χ1) is 6.35. The van der Waals surface area contributed by atoms with E-state index in [-0.39, 0.29) is 10.7 Å². The molecule has 0 aromatic heterocycles. The predicted octanol–water partition coefficient (Wildman–Crippen LogP) is 2.05. The molecular weight excluding hydrogens is 182 g/mol. The van der Waals surface area contributed by atoms with Crippen LogP contribution in [-0.4, -0.2) is 16.2 Å². The summed E-state index contributed by atoms with van der Waals surface area (Å²) in [6, 6.07) is 0. The Balaban J connectivity index is 2.79. The minimum absolute atomic E-state index is 0.0606. The van der Waals surface area contributed by atoms with Crippen molar-refractivity contribution in [2.24, 2.45) is 11.8 Å². The van der Waals surface area contributed by atoms with Crippen LogP contribution in [0.3, 0.4) is 0 Å². The molecule has 14 heavy (non-hydrogen) atoms. The molecule has 0 spiro atoms. The van der Waals surface area contributed by atoms with E-state index >= 15 is 0 Å². The van der Waals surface area contributed by atoms with E-state index < -0.39 is 11.5 Å². The first-order valence-electron chi connectivity index (χ1n) is 5.03. The lowest BCUT2D eigenvalue weighted by atomic mass is 9.73. The number of carbonyl (C=O) groups is 1. The molecule has 1 aliphatic rings. The molecule has 0 bridgehead atoms. The van der Waals surface area contributed by atoms with Crippen molar-refractivity contribution >= 4 is 5.78 Å². The van der Waals surface area contributed by atoms with Crippen LogP contribution in [0.4, 0.5) is 0 Å². The van der Waals surface area contributed by atoms with E-state index in [0.29, 0.717) is 18.8 Å². The minimum Gasteiger partial charge on any atom is -0.299 e. The van der Waals surface area contributed by atoms with E-state index in [0.717, 1.165) is 6.42 Å². The van der Waals surface area contributed by atoms with E-state index in [4.69, 9.17) is 0 Å². The van der Waals surface area contributed by atoms with Gasteiger partial charge in [-0.05, 0) is 18.8 Å². The van der Waals surface area contributed by atoms with Crippen molar-refractivity contribution in [3.8, 4) is 0 Å². The lowest BCUT2D eigenvalue weighted by molar-refractivity contribution is -0.568. The van der Waals surface area contributed by atoms with Gasteiger partial charge in [0, 0.05) is 25.2 Å². The fourth-order valence-electron chi connectivity index (χ4n) is 2.07. The number of rotatable bonds is 2. The zero-order valence-electron chi connectivity index (χ0n) is 8.95. The number of hydrogen-bond donors (Lipinski definition) is 0. The number of nitrogens with zero attached hydrogens (tertiary/aromatic N) is 1. The molecule has 0 aromatic rings. The normalized spacial score (nSPS) is 28.9. The Bertz CT molecular complexity index is 260. The van der Waals surface area contributed by atoms with Crippen molar-refractivity contribution in [3.05, 3.63) is 10.1 Å². The molecule has 0 aliphatic heterocycles. The molecule has 0 heterocycles. The molecule has 0 amide bonds. The van der Waals surface area contributed by atoms with Crippen molar-refractivity contribution in [2.75, 3.05) is 0 Å². The molecule has 0 radical (unpaired) electrons. The summed E-state index contributed by atoms with van der Waals surface area (Å²) < 4.78 is 0. The number of carbonyl (C=O) groups excluding carboxylic acids is 1. The van der Waals surface area contributed by atoms with Gasteiger partial charge in [0.1, 0.15) is 5.78 Å². The lowest BCUT2D eigenvalue weighted by Gasteiger charge is -2.31. The Morgan fingerprint density at radius 3 is 2.43 bits per heavy atom. The fraction of sp³-hybridized carbons (Fsp3) is 0.900. The summed E-state index contributed by atoms with van der Waals surface area (Å²) in [5.74, 6) is 0.0560. The van der Waals surface area contributed by atoms with Crippen molar-refractivity contribution in [1.29, 1.82) is 0 Å². The van der Waals surface area contributed by atoms with Gasteiger partial charge in [0.05, 0.1) is 5.92 Å². The van der Waals surface area contributed by atoms with Gasteiger partial charge in [-0.25, -0.2) is 0 Å². The number of nitro groups is 1. The Hall–Kier alpha value is -0.930. The molecule has 0 N–H and O–H groups in total. The molecule has 0 saturated heterocycles. The van der Waals surface area contributed by atoms with Crippen LogP contribution < -0.4 is 0 Å². The third kappa shape index (κ3) is 1.94. The standard InChI is InChI=1S/C10H17NO3/c1-7-4-5-8(9(12)6-7)10(2,3)11(13)14/h7-8H,4-6H2,1-3H3. The van der Waals surface area contributed by atoms with Crippen LogP contribution in [0.2, 0.25) is 0 Å². The smallest absolute Gasteiger partial charge is 0.226 e. The average molecular weight is 199 g/mol. The highest BCUT2D eigenvalue weighted by molar-refractivity contribution is 5.82. The summed E-state index contributed by atoms with van der Waals surface area (Å²) >= 11 is 0. The van der Waals surface area contributed by atoms with Gasteiger partial charge in [-0.3, -0.25) is 14.9 Å². The lowest BCUT2D eigenvalue weighted by Crippen LogP contribution is -2.45. The quantitative estimate of drug-likeness (QED) is 0.505. The fourth-order valence-corrected chi connectivity index (χ4v) is 2.07. The van der Waals surface area contributed by atoms with Gasteiger partial charge in [-0.1, -0.05) is 6.92 Å². The Morgan fingerprint density at radius 2 is 2.00 bits per heavy atom. The summed E-state index contributed by atoms with van der Waals surface area (Å²) in [5.41, 5.74) is -1.10. The highest BCUT2D eigenvalue weighted by atomic mass is 16.6. The minimum atomic E-state index is -1.10. The third-order valence-electron chi connectivity index (χ3n) is 3.21. The molecule has 1 saturated carbocycles. The van der Waals surface area contributed by atoms with Crippen LogP contribution >= 0.6 is 0 Å².